The predicted molar refractivity (Wildman–Crippen MR) is 64.1 cm³/mol. The Kier molecular flexibility index (Phi) is 4.19. The monoisotopic (exact) mass is 256 g/mol. The summed E-state index contributed by atoms with van der Waals surface area (Å²) in [6.45, 7) is 6.00. The lowest BCUT2D eigenvalue weighted by molar-refractivity contribution is -0.140. The molecule has 18 heavy (non-hydrogen) atoms. The van der Waals surface area contributed by atoms with Crippen molar-refractivity contribution in [3.8, 4) is 0 Å². The van der Waals surface area contributed by atoms with E-state index in [1.54, 1.807) is 0 Å². The van der Waals surface area contributed by atoms with E-state index in [4.69, 9.17) is 9.84 Å². The van der Waals surface area contributed by atoms with Crippen molar-refractivity contribution in [3.63, 3.8) is 0 Å². The van der Waals surface area contributed by atoms with Crippen LogP contribution in [-0.2, 0) is 14.3 Å². The van der Waals surface area contributed by atoms with Crippen molar-refractivity contribution in [2.75, 3.05) is 32.8 Å². The van der Waals surface area contributed by atoms with E-state index >= 15 is 0 Å². The van der Waals surface area contributed by atoms with Crippen LogP contribution in [0.25, 0.3) is 0 Å². The first-order valence-corrected chi connectivity index (χ1v) is 6.41. The smallest absolute Gasteiger partial charge is 0.307 e. The average molecular weight is 256 g/mol. The zero-order valence-corrected chi connectivity index (χ0v) is 10.6. The summed E-state index contributed by atoms with van der Waals surface area (Å²) >= 11 is 0. The lowest BCUT2D eigenvalue weighted by Gasteiger charge is -2.29. The zero-order valence-electron chi connectivity index (χ0n) is 10.6. The summed E-state index contributed by atoms with van der Waals surface area (Å²) in [4.78, 5) is 24.7. The maximum Gasteiger partial charge on any atom is 0.307 e. The van der Waals surface area contributed by atoms with Gasteiger partial charge < -0.3 is 15.2 Å². The van der Waals surface area contributed by atoms with E-state index in [1.807, 2.05) is 6.92 Å². The van der Waals surface area contributed by atoms with Crippen LogP contribution in [0.1, 0.15) is 13.3 Å². The molecule has 3 unspecified atom stereocenters. The molecule has 2 fully saturated rings. The number of hydrogen-bond donors (Lipinski definition) is 2. The molecule has 1 amide bonds. The number of amides is 1. The van der Waals surface area contributed by atoms with Gasteiger partial charge in [-0.3, -0.25) is 14.5 Å². The molecule has 1 saturated heterocycles. The van der Waals surface area contributed by atoms with Crippen molar-refractivity contribution in [1.82, 2.24) is 10.2 Å². The third-order valence-corrected chi connectivity index (χ3v) is 3.47. The van der Waals surface area contributed by atoms with Gasteiger partial charge in [-0.2, -0.15) is 0 Å². The van der Waals surface area contributed by atoms with Crippen molar-refractivity contribution in [2.24, 2.45) is 11.8 Å². The van der Waals surface area contributed by atoms with Gasteiger partial charge in [-0.15, -0.1) is 0 Å². The van der Waals surface area contributed by atoms with Gasteiger partial charge in [-0.25, -0.2) is 0 Å². The number of nitrogens with zero attached hydrogens (tertiary/aromatic N) is 1. The molecule has 0 aromatic rings. The molecule has 1 aliphatic heterocycles. The molecule has 2 aliphatic rings. The number of carbonyl (C=O) groups excluding carboxylic acids is 1. The first kappa shape index (κ1) is 13.3. The maximum atomic E-state index is 11.8. The molecule has 3 atom stereocenters. The maximum absolute atomic E-state index is 11.8. The molecule has 0 spiro atoms. The number of carboxylic acid groups (broad SMARTS) is 1. The topological polar surface area (TPSA) is 78.9 Å². The van der Waals surface area contributed by atoms with Crippen LogP contribution < -0.4 is 5.32 Å². The molecule has 102 valence electrons. The van der Waals surface area contributed by atoms with Gasteiger partial charge in [0.1, 0.15) is 0 Å². The zero-order chi connectivity index (χ0) is 13.1. The van der Waals surface area contributed by atoms with E-state index in [0.717, 1.165) is 32.8 Å². The Hall–Kier alpha value is -1.14. The number of carbonyl (C=O) groups is 2. The summed E-state index contributed by atoms with van der Waals surface area (Å²) in [6.07, 6.45) is 0.478. The standard InChI is InChI=1S/C12H20N2O4/c1-8(7-14-2-4-18-5-3-14)13-11(15)9-6-10(9)12(16)17/h8-10H,2-7H2,1H3,(H,13,15)(H,16,17). The van der Waals surface area contributed by atoms with Gasteiger partial charge in [0.25, 0.3) is 0 Å². The highest BCUT2D eigenvalue weighted by molar-refractivity contribution is 5.89. The van der Waals surface area contributed by atoms with Crippen LogP contribution in [0.4, 0.5) is 0 Å². The SMILES string of the molecule is CC(CN1CCOCC1)NC(=O)C1CC1C(=O)O. The van der Waals surface area contributed by atoms with Crippen LogP contribution in [-0.4, -0.2) is 60.8 Å². The van der Waals surface area contributed by atoms with Crippen molar-refractivity contribution in [2.45, 2.75) is 19.4 Å². The number of carboxylic acids is 1. The van der Waals surface area contributed by atoms with Crippen molar-refractivity contribution >= 4 is 11.9 Å². The molecule has 6 heteroatoms. The van der Waals surface area contributed by atoms with Gasteiger partial charge in [0.05, 0.1) is 25.0 Å². The number of morpholine rings is 1. The third-order valence-electron chi connectivity index (χ3n) is 3.47. The highest BCUT2D eigenvalue weighted by atomic mass is 16.5. The van der Waals surface area contributed by atoms with Gasteiger partial charge in [-0.05, 0) is 13.3 Å². The number of rotatable bonds is 5. The van der Waals surface area contributed by atoms with E-state index < -0.39 is 11.9 Å². The first-order chi connectivity index (χ1) is 8.58. The number of hydrogen-bond acceptors (Lipinski definition) is 4. The normalized spacial score (nSPS) is 29.6. The Morgan fingerprint density at radius 2 is 2.06 bits per heavy atom. The molecular formula is C12H20N2O4. The summed E-state index contributed by atoms with van der Waals surface area (Å²) in [5.74, 6) is -1.78. The van der Waals surface area contributed by atoms with E-state index in [9.17, 15) is 9.59 Å². The fourth-order valence-corrected chi connectivity index (χ4v) is 2.32. The van der Waals surface area contributed by atoms with E-state index in [0.29, 0.717) is 6.42 Å². The third kappa shape index (κ3) is 3.43. The summed E-state index contributed by atoms with van der Waals surface area (Å²) in [7, 11) is 0. The van der Waals surface area contributed by atoms with Gasteiger partial charge in [0.2, 0.25) is 5.91 Å². The molecule has 0 bridgehead atoms. The predicted octanol–water partition coefficient (Wildman–Crippen LogP) is -0.456. The Bertz CT molecular complexity index is 328. The summed E-state index contributed by atoms with van der Waals surface area (Å²) in [5.41, 5.74) is 0. The van der Waals surface area contributed by atoms with Gasteiger partial charge >= 0.3 is 5.97 Å². The molecule has 2 N–H and O–H groups in total. The van der Waals surface area contributed by atoms with Crippen molar-refractivity contribution < 1.29 is 19.4 Å². The van der Waals surface area contributed by atoms with Gasteiger partial charge in [0.15, 0.2) is 0 Å². The minimum absolute atomic E-state index is 0.0469. The fraction of sp³-hybridized carbons (Fsp3) is 0.833. The highest BCUT2D eigenvalue weighted by Crippen LogP contribution is 2.38. The van der Waals surface area contributed by atoms with E-state index in [-0.39, 0.29) is 17.9 Å². The molecule has 1 saturated carbocycles. The van der Waals surface area contributed by atoms with Crippen LogP contribution >= 0.6 is 0 Å². The van der Waals surface area contributed by atoms with Crippen LogP contribution in [0.3, 0.4) is 0 Å². The minimum atomic E-state index is -0.865. The molecule has 0 radical (unpaired) electrons. The first-order valence-electron chi connectivity index (χ1n) is 6.41. The highest BCUT2D eigenvalue weighted by Gasteiger charge is 2.48. The van der Waals surface area contributed by atoms with Crippen LogP contribution in [0.2, 0.25) is 0 Å². The second-order valence-corrected chi connectivity index (χ2v) is 5.11. The van der Waals surface area contributed by atoms with E-state index in [1.165, 1.54) is 0 Å². The van der Waals surface area contributed by atoms with Crippen LogP contribution in [0.5, 0.6) is 0 Å². The van der Waals surface area contributed by atoms with Gasteiger partial charge in [-0.1, -0.05) is 0 Å². The fourth-order valence-electron chi connectivity index (χ4n) is 2.32. The molecule has 1 aliphatic carbocycles. The second kappa shape index (κ2) is 5.67. The summed E-state index contributed by atoms with van der Waals surface area (Å²) in [6, 6.07) is 0.0469. The largest absolute Gasteiger partial charge is 0.481 e. The minimum Gasteiger partial charge on any atom is -0.481 e. The number of ether oxygens (including phenoxy) is 1. The lowest BCUT2D eigenvalue weighted by Crippen LogP contribution is -2.46. The quantitative estimate of drug-likeness (QED) is 0.696. The second-order valence-electron chi connectivity index (χ2n) is 5.11. The lowest BCUT2D eigenvalue weighted by atomic mass is 10.2. The molecule has 1 heterocycles. The molecule has 0 aromatic carbocycles. The molecule has 2 rings (SSSR count). The van der Waals surface area contributed by atoms with Gasteiger partial charge in [0, 0.05) is 25.7 Å². The number of aliphatic carboxylic acids is 1. The van der Waals surface area contributed by atoms with E-state index in [2.05, 4.69) is 10.2 Å². The Balaban J connectivity index is 1.69. The summed E-state index contributed by atoms with van der Waals surface area (Å²) in [5, 5.41) is 11.7. The average Bonchev–Trinajstić information content (AvgIpc) is 3.09. The number of nitrogens with one attached hydrogen (secondary N) is 1. The Labute approximate surface area is 106 Å². The molecule has 0 aromatic heterocycles. The summed E-state index contributed by atoms with van der Waals surface area (Å²) < 4.78 is 5.26. The molecule has 6 nitrogen and oxygen atoms in total. The Morgan fingerprint density at radius 1 is 1.39 bits per heavy atom. The van der Waals surface area contributed by atoms with Crippen LogP contribution in [0, 0.1) is 11.8 Å². The van der Waals surface area contributed by atoms with Crippen LogP contribution in [0.15, 0.2) is 0 Å². The Morgan fingerprint density at radius 3 is 2.61 bits per heavy atom. The van der Waals surface area contributed by atoms with Crippen molar-refractivity contribution in [1.29, 1.82) is 0 Å². The van der Waals surface area contributed by atoms with Crippen molar-refractivity contribution in [3.05, 3.63) is 0 Å². The molecular weight excluding hydrogens is 236 g/mol.